The first-order valence-corrected chi connectivity index (χ1v) is 5.49. The lowest BCUT2D eigenvalue weighted by molar-refractivity contribution is -0.132. The van der Waals surface area contributed by atoms with Gasteiger partial charge in [0, 0.05) is 16.7 Å². The molecule has 8 heteroatoms. The van der Waals surface area contributed by atoms with Gasteiger partial charge >= 0.3 is 6.18 Å². The lowest BCUT2D eigenvalue weighted by Crippen LogP contribution is -2.28. The Labute approximate surface area is 116 Å². The van der Waals surface area contributed by atoms with Gasteiger partial charge in [0.15, 0.2) is 0 Å². The van der Waals surface area contributed by atoms with Crippen LogP contribution in [-0.2, 0) is 0 Å². The van der Waals surface area contributed by atoms with Crippen molar-refractivity contribution in [2.45, 2.75) is 12.6 Å². The van der Waals surface area contributed by atoms with Gasteiger partial charge in [-0.2, -0.15) is 13.2 Å². The summed E-state index contributed by atoms with van der Waals surface area (Å²) in [7, 11) is 0. The van der Waals surface area contributed by atoms with E-state index in [4.69, 9.17) is 5.73 Å². The lowest BCUT2D eigenvalue weighted by Gasteiger charge is -2.09. The molecule has 3 nitrogen and oxygen atoms in total. The van der Waals surface area contributed by atoms with Crippen LogP contribution in [0, 0.1) is 0 Å². The van der Waals surface area contributed by atoms with Crippen molar-refractivity contribution >= 4 is 39.9 Å². The van der Waals surface area contributed by atoms with Gasteiger partial charge < -0.3 is 11.1 Å². The number of rotatable bonds is 3. The van der Waals surface area contributed by atoms with Gasteiger partial charge in [-0.15, -0.1) is 12.4 Å². The van der Waals surface area contributed by atoms with E-state index in [1.807, 2.05) is 0 Å². The number of alkyl halides is 3. The molecule has 0 saturated heterocycles. The van der Waals surface area contributed by atoms with Crippen LogP contribution in [-0.4, -0.2) is 18.6 Å². The molecule has 0 fully saturated rings. The van der Waals surface area contributed by atoms with Gasteiger partial charge in [0.05, 0.1) is 12.0 Å². The van der Waals surface area contributed by atoms with E-state index in [9.17, 15) is 18.0 Å². The number of hydrogen-bond acceptors (Lipinski definition) is 2. The van der Waals surface area contributed by atoms with Crippen LogP contribution in [0.1, 0.15) is 16.8 Å². The van der Waals surface area contributed by atoms with Crippen molar-refractivity contribution in [3.63, 3.8) is 0 Å². The molecule has 1 aromatic carbocycles. The molecule has 0 aliphatic heterocycles. The first kappa shape index (κ1) is 17.1. The Morgan fingerprint density at radius 1 is 1.39 bits per heavy atom. The van der Waals surface area contributed by atoms with Crippen molar-refractivity contribution in [1.29, 1.82) is 0 Å². The molecule has 0 atom stereocenters. The van der Waals surface area contributed by atoms with E-state index in [0.717, 1.165) is 0 Å². The minimum absolute atomic E-state index is 0. The molecule has 0 saturated carbocycles. The molecule has 3 N–H and O–H groups in total. The molecule has 0 radical (unpaired) electrons. The zero-order valence-electron chi connectivity index (χ0n) is 9.05. The van der Waals surface area contributed by atoms with E-state index in [0.29, 0.717) is 4.47 Å². The number of nitrogens with one attached hydrogen (secondary N) is 1. The molecule has 0 heterocycles. The van der Waals surface area contributed by atoms with Gasteiger partial charge in [0.1, 0.15) is 0 Å². The zero-order chi connectivity index (χ0) is 13.1. The number of nitrogen functional groups attached to an aromatic ring is 1. The third-order valence-electron chi connectivity index (χ3n) is 1.95. The molecule has 102 valence electrons. The van der Waals surface area contributed by atoms with E-state index < -0.39 is 25.0 Å². The maximum atomic E-state index is 11.9. The molecule has 1 aromatic rings. The highest BCUT2D eigenvalue weighted by Gasteiger charge is 2.26. The van der Waals surface area contributed by atoms with Gasteiger partial charge in [-0.25, -0.2) is 0 Å². The van der Waals surface area contributed by atoms with Crippen molar-refractivity contribution in [2.75, 3.05) is 12.3 Å². The summed E-state index contributed by atoms with van der Waals surface area (Å²) in [4.78, 5) is 11.5. The Bertz CT molecular complexity index is 426. The molecule has 1 amide bonds. The van der Waals surface area contributed by atoms with E-state index >= 15 is 0 Å². The molecule has 0 aliphatic rings. The number of halogens is 5. The van der Waals surface area contributed by atoms with Crippen LogP contribution in [0.3, 0.4) is 0 Å². The van der Waals surface area contributed by atoms with Crippen LogP contribution in [0.5, 0.6) is 0 Å². The average molecular weight is 348 g/mol. The van der Waals surface area contributed by atoms with Gasteiger partial charge in [0.2, 0.25) is 0 Å². The van der Waals surface area contributed by atoms with Gasteiger partial charge in [-0.1, -0.05) is 15.9 Å². The Morgan fingerprint density at radius 3 is 2.50 bits per heavy atom. The molecule has 0 spiro atoms. The quantitative estimate of drug-likeness (QED) is 0.825. The summed E-state index contributed by atoms with van der Waals surface area (Å²) in [6, 6.07) is 4.55. The fourth-order valence-electron chi connectivity index (χ4n) is 1.15. The molecule has 18 heavy (non-hydrogen) atoms. The van der Waals surface area contributed by atoms with Crippen molar-refractivity contribution < 1.29 is 18.0 Å². The van der Waals surface area contributed by atoms with E-state index in [-0.39, 0.29) is 23.7 Å². The predicted molar refractivity (Wildman–Crippen MR) is 68.8 cm³/mol. The third kappa shape index (κ3) is 5.59. The van der Waals surface area contributed by atoms with Crippen molar-refractivity contribution in [3.8, 4) is 0 Å². The third-order valence-corrected chi connectivity index (χ3v) is 2.45. The molecule has 1 rings (SSSR count). The number of nitrogens with two attached hydrogens (primary N) is 1. The summed E-state index contributed by atoms with van der Waals surface area (Å²) in [5, 5.41) is 2.16. The van der Waals surface area contributed by atoms with E-state index in [1.54, 1.807) is 6.07 Å². The Hall–Kier alpha value is -0.950. The second kappa shape index (κ2) is 6.84. The maximum Gasteiger partial charge on any atom is 0.390 e. The Balaban J connectivity index is 0.00000289. The SMILES string of the molecule is Cl.Nc1cc(Br)ccc1C(=O)NCCC(F)(F)F. The molecule has 0 aromatic heterocycles. The van der Waals surface area contributed by atoms with Crippen LogP contribution in [0.15, 0.2) is 22.7 Å². The minimum atomic E-state index is -4.28. The summed E-state index contributed by atoms with van der Waals surface area (Å²) >= 11 is 3.16. The van der Waals surface area contributed by atoms with Crippen LogP contribution >= 0.6 is 28.3 Å². The monoisotopic (exact) mass is 346 g/mol. The number of hydrogen-bond donors (Lipinski definition) is 2. The highest BCUT2D eigenvalue weighted by molar-refractivity contribution is 9.10. The number of benzene rings is 1. The average Bonchev–Trinajstić information content (AvgIpc) is 2.15. The molecule has 0 aliphatic carbocycles. The topological polar surface area (TPSA) is 55.1 Å². The maximum absolute atomic E-state index is 11.9. The zero-order valence-corrected chi connectivity index (χ0v) is 11.5. The first-order valence-electron chi connectivity index (χ1n) is 4.69. The van der Waals surface area contributed by atoms with E-state index in [2.05, 4.69) is 21.2 Å². The molecule has 0 unspecified atom stereocenters. The molecular weight excluding hydrogens is 336 g/mol. The van der Waals surface area contributed by atoms with Crippen molar-refractivity contribution in [3.05, 3.63) is 28.2 Å². The highest BCUT2D eigenvalue weighted by Crippen LogP contribution is 2.20. The van der Waals surface area contributed by atoms with Crippen molar-refractivity contribution in [1.82, 2.24) is 5.32 Å². The summed E-state index contributed by atoms with van der Waals surface area (Å²) in [6.45, 7) is -0.460. The standard InChI is InChI=1S/C10H10BrF3N2O.ClH/c11-6-1-2-7(8(15)5-6)9(17)16-4-3-10(12,13)14;/h1-2,5H,3-4,15H2,(H,16,17);1H. The summed E-state index contributed by atoms with van der Waals surface area (Å²) in [5.41, 5.74) is 5.94. The number of carbonyl (C=O) groups is 1. The fourth-order valence-corrected chi connectivity index (χ4v) is 1.53. The fraction of sp³-hybridized carbons (Fsp3) is 0.300. The lowest BCUT2D eigenvalue weighted by atomic mass is 10.1. The summed E-state index contributed by atoms with van der Waals surface area (Å²) in [5.74, 6) is -0.612. The first-order chi connectivity index (χ1) is 7.79. The number of anilines is 1. The minimum Gasteiger partial charge on any atom is -0.398 e. The van der Waals surface area contributed by atoms with Crippen LogP contribution in [0.25, 0.3) is 0 Å². The van der Waals surface area contributed by atoms with Crippen molar-refractivity contribution in [2.24, 2.45) is 0 Å². The van der Waals surface area contributed by atoms with Gasteiger partial charge in [-0.3, -0.25) is 4.79 Å². The summed E-state index contributed by atoms with van der Waals surface area (Å²) < 4.78 is 36.3. The van der Waals surface area contributed by atoms with Gasteiger partial charge in [0.25, 0.3) is 5.91 Å². The number of carbonyl (C=O) groups excluding carboxylic acids is 1. The molecule has 0 bridgehead atoms. The van der Waals surface area contributed by atoms with Gasteiger partial charge in [-0.05, 0) is 18.2 Å². The predicted octanol–water partition coefficient (Wildman–Crippen LogP) is 3.14. The van der Waals surface area contributed by atoms with Crippen LogP contribution in [0.4, 0.5) is 18.9 Å². The highest BCUT2D eigenvalue weighted by atomic mass is 79.9. The second-order valence-electron chi connectivity index (χ2n) is 3.35. The van der Waals surface area contributed by atoms with Crippen LogP contribution < -0.4 is 11.1 Å². The summed E-state index contributed by atoms with van der Waals surface area (Å²) in [6.07, 6.45) is -5.34. The smallest absolute Gasteiger partial charge is 0.390 e. The largest absolute Gasteiger partial charge is 0.398 e. The Kier molecular flexibility index (Phi) is 6.48. The van der Waals surface area contributed by atoms with E-state index in [1.165, 1.54) is 12.1 Å². The number of amides is 1. The normalized spacial score (nSPS) is 10.7. The molecular formula is C10H11BrClF3N2O. The second-order valence-corrected chi connectivity index (χ2v) is 4.27. The Morgan fingerprint density at radius 2 is 2.00 bits per heavy atom. The van der Waals surface area contributed by atoms with Crippen LogP contribution in [0.2, 0.25) is 0 Å².